The first-order valence-corrected chi connectivity index (χ1v) is 7.88. The first kappa shape index (κ1) is 18.8. The number of Topliss-reactive ketones (excluding diaryl/α,β-unsaturated/α-hetero) is 1. The third-order valence-electron chi connectivity index (χ3n) is 2.95. The van der Waals surface area contributed by atoms with Crippen molar-refractivity contribution in [1.29, 1.82) is 0 Å². The summed E-state index contributed by atoms with van der Waals surface area (Å²) in [5.41, 5.74) is 0.106. The van der Waals surface area contributed by atoms with Crippen molar-refractivity contribution < 1.29 is 19.1 Å². The lowest BCUT2D eigenvalue weighted by atomic mass is 10.1. The molecule has 0 saturated heterocycles. The van der Waals surface area contributed by atoms with Gasteiger partial charge in [0.2, 0.25) is 0 Å². The number of pyridine rings is 1. The van der Waals surface area contributed by atoms with Crippen LogP contribution in [0.4, 0.5) is 0 Å². The first-order valence-electron chi connectivity index (χ1n) is 6.37. The number of carbonyl (C=O) groups excluding carboxylic acids is 2. The van der Waals surface area contributed by atoms with Crippen molar-refractivity contribution in [2.75, 3.05) is 7.11 Å². The lowest BCUT2D eigenvalue weighted by Gasteiger charge is -2.11. The highest BCUT2D eigenvalue weighted by atomic mass is 35.5. The molecule has 0 radical (unpaired) electrons. The fourth-order valence-electron chi connectivity index (χ4n) is 1.74. The summed E-state index contributed by atoms with van der Waals surface area (Å²) in [6.07, 6.45) is 0. The van der Waals surface area contributed by atoms with E-state index in [1.54, 1.807) is 0 Å². The summed E-state index contributed by atoms with van der Waals surface area (Å²) in [5, 5.41) is -0.542. The molecule has 0 saturated carbocycles. The number of benzene rings is 1. The second-order valence-corrected chi connectivity index (χ2v) is 6.00. The first-order chi connectivity index (χ1) is 11.3. The Labute approximate surface area is 157 Å². The second kappa shape index (κ2) is 7.57. The number of hydrogen-bond donors (Lipinski definition) is 0. The Morgan fingerprint density at radius 1 is 1.00 bits per heavy atom. The van der Waals surface area contributed by atoms with E-state index < -0.39 is 5.97 Å². The molecular weight excluding hydrogens is 400 g/mol. The van der Waals surface area contributed by atoms with E-state index >= 15 is 0 Å². The van der Waals surface area contributed by atoms with Crippen LogP contribution in [0.1, 0.15) is 27.8 Å². The number of ether oxygens (including phenoxy) is 2. The van der Waals surface area contributed by atoms with Crippen LogP contribution in [-0.2, 0) is 0 Å². The molecule has 0 unspecified atom stereocenters. The number of methoxy groups -OCH3 is 1. The Balaban J connectivity index is 2.39. The van der Waals surface area contributed by atoms with Gasteiger partial charge in [0.15, 0.2) is 23.0 Å². The number of hydrogen-bond acceptors (Lipinski definition) is 5. The highest BCUT2D eigenvalue weighted by Gasteiger charge is 2.23. The molecule has 24 heavy (non-hydrogen) atoms. The Hall–Kier alpha value is -1.53. The van der Waals surface area contributed by atoms with Crippen LogP contribution >= 0.6 is 46.4 Å². The molecule has 5 nitrogen and oxygen atoms in total. The quantitative estimate of drug-likeness (QED) is 0.304. The van der Waals surface area contributed by atoms with Gasteiger partial charge in [-0.05, 0) is 25.1 Å². The predicted octanol–water partition coefficient (Wildman–Crippen LogP) is 5.13. The van der Waals surface area contributed by atoms with E-state index in [1.807, 2.05) is 0 Å². The maximum atomic E-state index is 12.3. The topological polar surface area (TPSA) is 65.5 Å². The van der Waals surface area contributed by atoms with Crippen LogP contribution in [-0.4, -0.2) is 23.8 Å². The second-order valence-electron chi connectivity index (χ2n) is 4.50. The minimum Gasteiger partial charge on any atom is -0.493 e. The molecule has 0 fully saturated rings. The van der Waals surface area contributed by atoms with E-state index in [0.29, 0.717) is 5.56 Å². The van der Waals surface area contributed by atoms with Gasteiger partial charge in [0.25, 0.3) is 0 Å². The van der Waals surface area contributed by atoms with Gasteiger partial charge in [-0.25, -0.2) is 9.78 Å². The molecular formula is C15H9Cl4NO4. The van der Waals surface area contributed by atoms with Crippen LogP contribution in [0.2, 0.25) is 20.2 Å². The molecule has 0 aliphatic heterocycles. The number of aromatic nitrogens is 1. The summed E-state index contributed by atoms with van der Waals surface area (Å²) in [4.78, 5) is 27.5. The largest absolute Gasteiger partial charge is 0.493 e. The number of rotatable bonds is 4. The van der Waals surface area contributed by atoms with Crippen molar-refractivity contribution in [1.82, 2.24) is 4.98 Å². The zero-order valence-corrected chi connectivity index (χ0v) is 15.3. The summed E-state index contributed by atoms with van der Waals surface area (Å²) in [5.74, 6) is -0.799. The Morgan fingerprint density at radius 3 is 2.25 bits per heavy atom. The third-order valence-corrected chi connectivity index (χ3v) is 4.63. The molecule has 1 heterocycles. The van der Waals surface area contributed by atoms with Crippen molar-refractivity contribution >= 4 is 58.2 Å². The van der Waals surface area contributed by atoms with Crippen molar-refractivity contribution in [3.05, 3.63) is 49.7 Å². The van der Waals surface area contributed by atoms with Crippen LogP contribution in [0.15, 0.2) is 18.2 Å². The van der Waals surface area contributed by atoms with Crippen LogP contribution in [0.25, 0.3) is 0 Å². The van der Waals surface area contributed by atoms with Crippen LogP contribution in [0.5, 0.6) is 11.5 Å². The number of halogens is 4. The van der Waals surface area contributed by atoms with Gasteiger partial charge in [0.05, 0.1) is 22.2 Å². The van der Waals surface area contributed by atoms with Gasteiger partial charge >= 0.3 is 5.97 Å². The summed E-state index contributed by atoms with van der Waals surface area (Å²) < 4.78 is 10.3. The standard InChI is InChI=1S/C15H9Cl4NO4/c1-6(21)7-3-4-8(9(5-7)23-2)24-15(22)13-11(17)10(16)12(18)14(19)20-13/h3-5H,1-2H3. The molecule has 0 N–H and O–H groups in total. The van der Waals surface area contributed by atoms with E-state index in [-0.39, 0.29) is 43.2 Å². The van der Waals surface area contributed by atoms with E-state index in [2.05, 4.69) is 4.98 Å². The highest BCUT2D eigenvalue weighted by Crippen LogP contribution is 2.37. The molecule has 0 aliphatic rings. The van der Waals surface area contributed by atoms with Gasteiger partial charge in [-0.15, -0.1) is 0 Å². The van der Waals surface area contributed by atoms with Gasteiger partial charge in [0.1, 0.15) is 5.15 Å². The van der Waals surface area contributed by atoms with Crippen molar-refractivity contribution in [3.63, 3.8) is 0 Å². The highest BCUT2D eigenvalue weighted by molar-refractivity contribution is 6.52. The van der Waals surface area contributed by atoms with Gasteiger partial charge in [-0.1, -0.05) is 46.4 Å². The lowest BCUT2D eigenvalue weighted by Crippen LogP contribution is -2.13. The number of carbonyl (C=O) groups is 2. The zero-order valence-electron chi connectivity index (χ0n) is 12.3. The molecule has 0 bridgehead atoms. The monoisotopic (exact) mass is 407 g/mol. The molecule has 2 rings (SSSR count). The third kappa shape index (κ3) is 3.75. The van der Waals surface area contributed by atoms with Crippen molar-refractivity contribution in [2.45, 2.75) is 6.92 Å². The minimum absolute atomic E-state index is 0.0664. The molecule has 1 aromatic heterocycles. The average molecular weight is 409 g/mol. The van der Waals surface area contributed by atoms with E-state index in [0.717, 1.165) is 0 Å². The van der Waals surface area contributed by atoms with Crippen LogP contribution in [0.3, 0.4) is 0 Å². The molecule has 126 valence electrons. The molecule has 9 heteroatoms. The van der Waals surface area contributed by atoms with E-state index in [1.165, 1.54) is 32.2 Å². The molecule has 0 spiro atoms. The zero-order chi connectivity index (χ0) is 18.0. The summed E-state index contributed by atoms with van der Waals surface area (Å²) >= 11 is 23.4. The normalized spacial score (nSPS) is 10.4. The minimum atomic E-state index is -0.908. The predicted molar refractivity (Wildman–Crippen MR) is 92.2 cm³/mol. The molecule has 0 atom stereocenters. The van der Waals surface area contributed by atoms with Gasteiger partial charge in [-0.2, -0.15) is 0 Å². The number of nitrogens with zero attached hydrogens (tertiary/aromatic N) is 1. The molecule has 2 aromatic rings. The lowest BCUT2D eigenvalue weighted by molar-refractivity contribution is 0.0723. The van der Waals surface area contributed by atoms with E-state index in [4.69, 9.17) is 55.9 Å². The maximum Gasteiger partial charge on any atom is 0.364 e. The number of esters is 1. The van der Waals surface area contributed by atoms with E-state index in [9.17, 15) is 9.59 Å². The Bertz CT molecular complexity index is 839. The van der Waals surface area contributed by atoms with Crippen LogP contribution < -0.4 is 9.47 Å². The summed E-state index contributed by atoms with van der Waals surface area (Å²) in [6.45, 7) is 1.40. The fourth-order valence-corrected chi connectivity index (χ4v) is 2.55. The summed E-state index contributed by atoms with van der Waals surface area (Å²) in [7, 11) is 1.37. The fraction of sp³-hybridized carbons (Fsp3) is 0.133. The average Bonchev–Trinajstić information content (AvgIpc) is 2.56. The van der Waals surface area contributed by atoms with Crippen LogP contribution in [0, 0.1) is 0 Å². The Morgan fingerprint density at radius 2 is 1.67 bits per heavy atom. The number of ketones is 1. The van der Waals surface area contributed by atoms with Gasteiger partial charge < -0.3 is 9.47 Å². The van der Waals surface area contributed by atoms with Gasteiger partial charge in [0, 0.05) is 5.56 Å². The maximum absolute atomic E-state index is 12.3. The smallest absolute Gasteiger partial charge is 0.364 e. The van der Waals surface area contributed by atoms with Gasteiger partial charge in [-0.3, -0.25) is 4.79 Å². The molecule has 0 amide bonds. The summed E-state index contributed by atoms with van der Waals surface area (Å²) in [6, 6.07) is 4.35. The molecule has 1 aromatic carbocycles. The molecule has 0 aliphatic carbocycles. The SMILES string of the molecule is COc1cc(C(C)=O)ccc1OC(=O)c1nc(Cl)c(Cl)c(Cl)c1Cl. The van der Waals surface area contributed by atoms with Crippen molar-refractivity contribution in [2.24, 2.45) is 0 Å². The van der Waals surface area contributed by atoms with Crippen molar-refractivity contribution in [3.8, 4) is 11.5 Å². The Kier molecular flexibility index (Phi) is 5.93.